The number of nitrogens with one attached hydrogen (secondary N) is 2. The largest absolute Gasteiger partial charge is 0.345 e. The molecule has 1 aromatic heterocycles. The molecule has 25 heavy (non-hydrogen) atoms. The van der Waals surface area contributed by atoms with Crippen LogP contribution < -0.4 is 5.32 Å². The number of benzene rings is 1. The molecule has 3 rings (SSSR count). The minimum Gasteiger partial charge on any atom is -0.345 e. The average Bonchev–Trinajstić information content (AvgIpc) is 3.08. The maximum Gasteiger partial charge on any atom is 0.234 e. The highest BCUT2D eigenvalue weighted by Gasteiger charge is 2.45. The second-order valence-electron chi connectivity index (χ2n) is 6.33. The number of hydrogen-bond donors (Lipinski definition) is 2. The first-order valence-corrected chi connectivity index (χ1v) is 8.96. The zero-order valence-corrected chi connectivity index (χ0v) is 15.6. The maximum absolute atomic E-state index is 12.4. The van der Waals surface area contributed by atoms with Crippen molar-refractivity contribution in [2.75, 3.05) is 7.05 Å². The molecule has 0 saturated carbocycles. The van der Waals surface area contributed by atoms with Gasteiger partial charge >= 0.3 is 0 Å². The van der Waals surface area contributed by atoms with E-state index in [1.165, 1.54) is 16.2 Å². The molecule has 5 nitrogen and oxygen atoms in total. The van der Waals surface area contributed by atoms with Gasteiger partial charge in [-0.1, -0.05) is 18.5 Å². The maximum atomic E-state index is 12.4. The Morgan fingerprint density at radius 3 is 2.76 bits per heavy atom. The zero-order valence-electron chi connectivity index (χ0n) is 14.1. The number of thiophene rings is 1. The summed E-state index contributed by atoms with van der Waals surface area (Å²) in [6.07, 6.45) is 0. The van der Waals surface area contributed by atoms with Crippen LogP contribution in [-0.2, 0) is 10.3 Å². The summed E-state index contributed by atoms with van der Waals surface area (Å²) in [4.78, 5) is 14.7. The van der Waals surface area contributed by atoms with E-state index >= 15 is 0 Å². The number of carbonyl (C=O) groups excluding carboxylic acids is 1. The smallest absolute Gasteiger partial charge is 0.234 e. The van der Waals surface area contributed by atoms with Crippen LogP contribution in [0.3, 0.4) is 0 Å². The SMILES string of the molecule is C[C@H]1C(=O)N(C)C(=N)N[C@]1(C)c1cc(-c2cc(Cl)cc(C#N)c2)cs1. The number of guanidine groups is 1. The molecule has 0 unspecified atom stereocenters. The van der Waals surface area contributed by atoms with E-state index in [9.17, 15) is 4.79 Å². The van der Waals surface area contributed by atoms with Crippen molar-refractivity contribution >= 4 is 34.8 Å². The van der Waals surface area contributed by atoms with E-state index in [1.807, 2.05) is 31.4 Å². The van der Waals surface area contributed by atoms with Crippen LogP contribution in [0, 0.1) is 22.7 Å². The molecular weight excluding hydrogens is 356 g/mol. The molecule has 1 aliphatic rings. The first-order valence-electron chi connectivity index (χ1n) is 7.70. The molecular formula is C18H17ClN4OS. The molecule has 0 aliphatic carbocycles. The second-order valence-corrected chi connectivity index (χ2v) is 7.68. The Balaban J connectivity index is 2.01. The van der Waals surface area contributed by atoms with Crippen molar-refractivity contribution in [3.8, 4) is 17.2 Å². The fourth-order valence-electron chi connectivity index (χ4n) is 2.94. The van der Waals surface area contributed by atoms with E-state index < -0.39 is 5.54 Å². The predicted molar refractivity (Wildman–Crippen MR) is 99.6 cm³/mol. The van der Waals surface area contributed by atoms with Gasteiger partial charge < -0.3 is 5.32 Å². The van der Waals surface area contributed by atoms with E-state index in [4.69, 9.17) is 22.3 Å². The Morgan fingerprint density at radius 2 is 2.08 bits per heavy atom. The van der Waals surface area contributed by atoms with Crippen LogP contribution in [0.2, 0.25) is 5.02 Å². The number of nitrogens with zero attached hydrogens (tertiary/aromatic N) is 2. The van der Waals surface area contributed by atoms with E-state index in [0.717, 1.165) is 16.0 Å². The lowest BCUT2D eigenvalue weighted by atomic mass is 9.82. The first-order chi connectivity index (χ1) is 11.8. The van der Waals surface area contributed by atoms with Crippen molar-refractivity contribution in [3.63, 3.8) is 0 Å². The van der Waals surface area contributed by atoms with Crippen LogP contribution in [0.1, 0.15) is 24.3 Å². The molecule has 2 atom stereocenters. The molecule has 2 N–H and O–H groups in total. The van der Waals surface area contributed by atoms with Crippen molar-refractivity contribution in [3.05, 3.63) is 45.1 Å². The molecule has 128 valence electrons. The Kier molecular flexibility index (Phi) is 4.31. The van der Waals surface area contributed by atoms with E-state index in [1.54, 1.807) is 19.2 Å². The Labute approximate surface area is 155 Å². The normalized spacial score (nSPS) is 23.3. The van der Waals surface area contributed by atoms with Gasteiger partial charge in [0, 0.05) is 16.9 Å². The highest BCUT2D eigenvalue weighted by molar-refractivity contribution is 7.10. The minimum atomic E-state index is -0.653. The summed E-state index contributed by atoms with van der Waals surface area (Å²) in [5.74, 6) is -0.307. The van der Waals surface area contributed by atoms with E-state index in [2.05, 4.69) is 11.4 Å². The summed E-state index contributed by atoms with van der Waals surface area (Å²) in [6, 6.07) is 9.33. The van der Waals surface area contributed by atoms with Gasteiger partial charge in [-0.15, -0.1) is 11.3 Å². The summed E-state index contributed by atoms with van der Waals surface area (Å²) in [7, 11) is 1.60. The van der Waals surface area contributed by atoms with Crippen molar-refractivity contribution in [1.82, 2.24) is 10.2 Å². The van der Waals surface area contributed by atoms with Gasteiger partial charge in [0.15, 0.2) is 5.96 Å². The lowest BCUT2D eigenvalue weighted by Crippen LogP contribution is -2.62. The van der Waals surface area contributed by atoms with Gasteiger partial charge in [0.05, 0.1) is 23.1 Å². The Bertz CT molecular complexity index is 916. The highest BCUT2D eigenvalue weighted by atomic mass is 35.5. The Morgan fingerprint density at radius 1 is 1.36 bits per heavy atom. The van der Waals surface area contributed by atoms with Crippen LogP contribution >= 0.6 is 22.9 Å². The van der Waals surface area contributed by atoms with Gasteiger partial charge in [0.2, 0.25) is 5.91 Å². The van der Waals surface area contributed by atoms with Crippen LogP contribution in [-0.4, -0.2) is 23.8 Å². The fourth-order valence-corrected chi connectivity index (χ4v) is 4.30. The lowest BCUT2D eigenvalue weighted by Gasteiger charge is -2.43. The fraction of sp³-hybridized carbons (Fsp3) is 0.278. The first kappa shape index (κ1) is 17.5. The minimum absolute atomic E-state index is 0.0873. The van der Waals surface area contributed by atoms with Crippen LogP contribution in [0.15, 0.2) is 29.6 Å². The van der Waals surface area contributed by atoms with Crippen LogP contribution in [0.25, 0.3) is 11.1 Å². The van der Waals surface area contributed by atoms with Gasteiger partial charge in [-0.05, 0) is 47.7 Å². The zero-order chi connectivity index (χ0) is 18.4. The van der Waals surface area contributed by atoms with Gasteiger partial charge in [-0.3, -0.25) is 15.1 Å². The monoisotopic (exact) mass is 372 g/mol. The topological polar surface area (TPSA) is 80.0 Å². The number of hydrogen-bond acceptors (Lipinski definition) is 4. The summed E-state index contributed by atoms with van der Waals surface area (Å²) >= 11 is 7.62. The molecule has 0 bridgehead atoms. The van der Waals surface area contributed by atoms with Crippen molar-refractivity contribution in [1.29, 1.82) is 10.7 Å². The highest BCUT2D eigenvalue weighted by Crippen LogP contribution is 2.39. The van der Waals surface area contributed by atoms with E-state index in [0.29, 0.717) is 10.6 Å². The number of rotatable bonds is 2. The number of nitriles is 1. The molecule has 2 aromatic rings. The molecule has 7 heteroatoms. The summed E-state index contributed by atoms with van der Waals surface area (Å²) < 4.78 is 0. The molecule has 1 fully saturated rings. The van der Waals surface area contributed by atoms with Crippen molar-refractivity contribution in [2.24, 2.45) is 5.92 Å². The summed E-state index contributed by atoms with van der Waals surface area (Å²) in [5.41, 5.74) is 1.65. The van der Waals surface area contributed by atoms with Crippen LogP contribution in [0.4, 0.5) is 0 Å². The van der Waals surface area contributed by atoms with Crippen LogP contribution in [0.5, 0.6) is 0 Å². The number of amides is 1. The van der Waals surface area contributed by atoms with Gasteiger partial charge in [-0.2, -0.15) is 5.26 Å². The molecule has 0 spiro atoms. The lowest BCUT2D eigenvalue weighted by molar-refractivity contribution is -0.134. The second kappa shape index (κ2) is 6.17. The molecule has 1 aromatic carbocycles. The molecule has 2 heterocycles. The molecule has 1 saturated heterocycles. The van der Waals surface area contributed by atoms with Gasteiger partial charge in [0.25, 0.3) is 0 Å². The van der Waals surface area contributed by atoms with Crippen molar-refractivity contribution < 1.29 is 4.79 Å². The molecule has 0 radical (unpaired) electrons. The molecule has 1 aliphatic heterocycles. The summed E-state index contributed by atoms with van der Waals surface area (Å²) in [5, 5.41) is 22.8. The van der Waals surface area contributed by atoms with E-state index in [-0.39, 0.29) is 17.8 Å². The molecule has 1 amide bonds. The number of halogens is 1. The van der Waals surface area contributed by atoms with Crippen molar-refractivity contribution in [2.45, 2.75) is 19.4 Å². The summed E-state index contributed by atoms with van der Waals surface area (Å²) in [6.45, 7) is 3.80. The van der Waals surface area contributed by atoms with Gasteiger partial charge in [0.1, 0.15) is 0 Å². The predicted octanol–water partition coefficient (Wildman–Crippen LogP) is 3.79. The Hall–Kier alpha value is -2.36. The third-order valence-electron chi connectivity index (χ3n) is 4.75. The quantitative estimate of drug-likeness (QED) is 0.841. The standard InChI is InChI=1S/C18H17ClN4OS/c1-10-16(24)23(3)17(21)22-18(10,2)15-7-13(9-25-15)12-4-11(8-20)5-14(19)6-12/h4-7,9-10H,1-3H3,(H2,21,22)/t10-,18-/m0/s1. The average molecular weight is 373 g/mol. The number of carbonyl (C=O) groups is 1. The third kappa shape index (κ3) is 2.90. The third-order valence-corrected chi connectivity index (χ3v) is 6.14. The van der Waals surface area contributed by atoms with Gasteiger partial charge in [-0.25, -0.2) is 0 Å².